The number of likely N-dealkylation sites (N-methyl/N-ethyl adjacent to an activating group) is 1. The van der Waals surface area contributed by atoms with E-state index in [1.54, 1.807) is 7.11 Å². The lowest BCUT2D eigenvalue weighted by atomic mass is 10.2. The van der Waals surface area contributed by atoms with Crippen molar-refractivity contribution in [2.75, 3.05) is 32.1 Å². The van der Waals surface area contributed by atoms with Crippen molar-refractivity contribution in [3.63, 3.8) is 0 Å². The van der Waals surface area contributed by atoms with E-state index in [0.717, 1.165) is 41.7 Å². The molecule has 0 aromatic heterocycles. The molecule has 0 radical (unpaired) electrons. The smallest absolute Gasteiger partial charge is 0.144 e. The highest BCUT2D eigenvalue weighted by atomic mass is 35.5. The van der Waals surface area contributed by atoms with E-state index in [-0.39, 0.29) is 0 Å². The molecule has 0 atom stereocenters. The van der Waals surface area contributed by atoms with Gasteiger partial charge in [-0.2, -0.15) is 0 Å². The number of ether oxygens (including phenoxy) is 1. The summed E-state index contributed by atoms with van der Waals surface area (Å²) >= 11 is 6.01. The summed E-state index contributed by atoms with van der Waals surface area (Å²) in [6.45, 7) is 6.83. The van der Waals surface area contributed by atoms with Crippen molar-refractivity contribution < 1.29 is 4.74 Å². The van der Waals surface area contributed by atoms with Crippen LogP contribution in [0.2, 0.25) is 5.02 Å². The Morgan fingerprint density at radius 1 is 1.31 bits per heavy atom. The summed E-state index contributed by atoms with van der Waals surface area (Å²) in [6.07, 6.45) is 0. The fourth-order valence-electron chi connectivity index (χ4n) is 1.59. The summed E-state index contributed by atoms with van der Waals surface area (Å²) < 4.78 is 5.35. The molecule has 90 valence electrons. The van der Waals surface area contributed by atoms with Crippen LogP contribution in [0.15, 0.2) is 12.1 Å². The minimum Gasteiger partial charge on any atom is -0.494 e. The maximum Gasteiger partial charge on any atom is 0.144 e. The van der Waals surface area contributed by atoms with Gasteiger partial charge >= 0.3 is 0 Å². The van der Waals surface area contributed by atoms with Gasteiger partial charge in [0.05, 0.1) is 12.8 Å². The van der Waals surface area contributed by atoms with Crippen LogP contribution in [-0.4, -0.2) is 26.7 Å². The second kappa shape index (κ2) is 6.61. The maximum absolute atomic E-state index is 6.01. The Balaban J connectivity index is 2.69. The first-order valence-corrected chi connectivity index (χ1v) is 5.85. The largest absolute Gasteiger partial charge is 0.494 e. The molecule has 0 aliphatic rings. The lowest BCUT2D eigenvalue weighted by Gasteiger charge is -2.14. The Hall–Kier alpha value is -0.930. The second-order valence-electron chi connectivity index (χ2n) is 3.58. The van der Waals surface area contributed by atoms with Crippen LogP contribution < -0.4 is 15.4 Å². The van der Waals surface area contributed by atoms with E-state index in [0.29, 0.717) is 0 Å². The third-order valence-corrected chi connectivity index (χ3v) is 2.53. The molecule has 0 aliphatic heterocycles. The lowest BCUT2D eigenvalue weighted by molar-refractivity contribution is 0.413. The number of anilines is 1. The molecule has 1 aromatic rings. The van der Waals surface area contributed by atoms with Gasteiger partial charge in [0.25, 0.3) is 0 Å². The highest BCUT2D eigenvalue weighted by Gasteiger charge is 2.07. The Bertz CT molecular complexity index is 342. The minimum atomic E-state index is 0.726. The molecule has 0 saturated heterocycles. The standard InChI is InChI=1S/C12H19ClN2O/c1-4-14-5-6-15-11-8-10(13)7-9(2)12(11)16-3/h7-8,14-15H,4-6H2,1-3H3. The number of rotatable bonds is 6. The zero-order chi connectivity index (χ0) is 12.0. The van der Waals surface area contributed by atoms with Gasteiger partial charge in [0.1, 0.15) is 5.75 Å². The van der Waals surface area contributed by atoms with Crippen LogP contribution in [0.3, 0.4) is 0 Å². The Kier molecular flexibility index (Phi) is 5.43. The monoisotopic (exact) mass is 242 g/mol. The summed E-state index contributed by atoms with van der Waals surface area (Å²) in [5, 5.41) is 7.28. The van der Waals surface area contributed by atoms with Crippen LogP contribution in [0.5, 0.6) is 5.75 Å². The Morgan fingerprint density at radius 2 is 2.06 bits per heavy atom. The van der Waals surface area contributed by atoms with Crippen molar-refractivity contribution in [3.05, 3.63) is 22.7 Å². The number of benzene rings is 1. The number of aryl methyl sites for hydroxylation is 1. The normalized spacial score (nSPS) is 10.2. The van der Waals surface area contributed by atoms with E-state index in [1.165, 1.54) is 0 Å². The van der Waals surface area contributed by atoms with Crippen LogP contribution in [0, 0.1) is 6.92 Å². The van der Waals surface area contributed by atoms with Gasteiger partial charge in [-0.05, 0) is 31.2 Å². The zero-order valence-corrected chi connectivity index (χ0v) is 10.8. The molecule has 4 heteroatoms. The first kappa shape index (κ1) is 13.1. The first-order valence-electron chi connectivity index (χ1n) is 5.47. The molecule has 0 spiro atoms. The number of nitrogens with one attached hydrogen (secondary N) is 2. The van der Waals surface area contributed by atoms with Gasteiger partial charge < -0.3 is 15.4 Å². The number of methoxy groups -OCH3 is 1. The molecule has 0 fully saturated rings. The van der Waals surface area contributed by atoms with Crippen molar-refractivity contribution in [2.45, 2.75) is 13.8 Å². The molecule has 0 amide bonds. The van der Waals surface area contributed by atoms with E-state index in [4.69, 9.17) is 16.3 Å². The second-order valence-corrected chi connectivity index (χ2v) is 4.02. The van der Waals surface area contributed by atoms with Crippen molar-refractivity contribution >= 4 is 17.3 Å². The topological polar surface area (TPSA) is 33.3 Å². The summed E-state index contributed by atoms with van der Waals surface area (Å²) in [7, 11) is 1.67. The molecular formula is C12H19ClN2O. The third kappa shape index (κ3) is 3.58. The third-order valence-electron chi connectivity index (χ3n) is 2.31. The lowest BCUT2D eigenvalue weighted by Crippen LogP contribution is -2.21. The van der Waals surface area contributed by atoms with Crippen molar-refractivity contribution in [1.29, 1.82) is 0 Å². The van der Waals surface area contributed by atoms with Gasteiger partial charge in [-0.25, -0.2) is 0 Å². The van der Waals surface area contributed by atoms with Crippen LogP contribution in [-0.2, 0) is 0 Å². The fraction of sp³-hybridized carbons (Fsp3) is 0.500. The quantitative estimate of drug-likeness (QED) is 0.753. The molecule has 0 aliphatic carbocycles. The highest BCUT2D eigenvalue weighted by molar-refractivity contribution is 6.31. The predicted octanol–water partition coefficient (Wildman–Crippen LogP) is 2.68. The zero-order valence-electron chi connectivity index (χ0n) is 10.1. The molecule has 0 heterocycles. The maximum atomic E-state index is 6.01. The van der Waals surface area contributed by atoms with E-state index in [9.17, 15) is 0 Å². The average molecular weight is 243 g/mol. The van der Waals surface area contributed by atoms with Crippen LogP contribution >= 0.6 is 11.6 Å². The van der Waals surface area contributed by atoms with Gasteiger partial charge in [-0.3, -0.25) is 0 Å². The van der Waals surface area contributed by atoms with Gasteiger partial charge in [-0.15, -0.1) is 0 Å². The molecular weight excluding hydrogens is 224 g/mol. The minimum absolute atomic E-state index is 0.726. The van der Waals surface area contributed by atoms with Crippen molar-refractivity contribution in [1.82, 2.24) is 5.32 Å². The van der Waals surface area contributed by atoms with Crippen molar-refractivity contribution in [3.8, 4) is 5.75 Å². The average Bonchev–Trinajstić information content (AvgIpc) is 2.24. The summed E-state index contributed by atoms with van der Waals surface area (Å²) in [5.41, 5.74) is 1.99. The Labute approximate surface area is 102 Å². The van der Waals surface area contributed by atoms with Crippen molar-refractivity contribution in [2.24, 2.45) is 0 Å². The number of hydrogen-bond acceptors (Lipinski definition) is 3. The fourth-order valence-corrected chi connectivity index (χ4v) is 1.87. The predicted molar refractivity (Wildman–Crippen MR) is 69.8 cm³/mol. The molecule has 1 rings (SSSR count). The van der Waals surface area contributed by atoms with Crippen LogP contribution in [0.4, 0.5) is 5.69 Å². The molecule has 3 nitrogen and oxygen atoms in total. The van der Waals surface area contributed by atoms with Crippen LogP contribution in [0.1, 0.15) is 12.5 Å². The molecule has 0 saturated carbocycles. The van der Waals surface area contributed by atoms with Crippen LogP contribution in [0.25, 0.3) is 0 Å². The summed E-state index contributed by atoms with van der Waals surface area (Å²) in [5.74, 6) is 0.862. The highest BCUT2D eigenvalue weighted by Crippen LogP contribution is 2.31. The number of halogens is 1. The van der Waals surface area contributed by atoms with Gasteiger partial charge in [-0.1, -0.05) is 18.5 Å². The Morgan fingerprint density at radius 3 is 2.69 bits per heavy atom. The van der Waals surface area contributed by atoms with E-state index in [2.05, 4.69) is 17.6 Å². The van der Waals surface area contributed by atoms with Gasteiger partial charge in [0, 0.05) is 18.1 Å². The molecule has 0 unspecified atom stereocenters. The number of hydrogen-bond donors (Lipinski definition) is 2. The SMILES string of the molecule is CCNCCNc1cc(Cl)cc(C)c1OC. The molecule has 2 N–H and O–H groups in total. The van der Waals surface area contributed by atoms with E-state index >= 15 is 0 Å². The van der Waals surface area contributed by atoms with E-state index in [1.807, 2.05) is 19.1 Å². The van der Waals surface area contributed by atoms with Gasteiger partial charge in [0.15, 0.2) is 0 Å². The molecule has 1 aromatic carbocycles. The molecule has 16 heavy (non-hydrogen) atoms. The molecule has 0 bridgehead atoms. The summed E-state index contributed by atoms with van der Waals surface area (Å²) in [4.78, 5) is 0. The van der Waals surface area contributed by atoms with Gasteiger partial charge in [0.2, 0.25) is 0 Å². The first-order chi connectivity index (χ1) is 7.69. The van der Waals surface area contributed by atoms with E-state index < -0.39 is 0 Å². The summed E-state index contributed by atoms with van der Waals surface area (Å²) in [6, 6.07) is 3.79.